The summed E-state index contributed by atoms with van der Waals surface area (Å²) in [5, 5.41) is 13.7. The van der Waals surface area contributed by atoms with Crippen LogP contribution in [0.2, 0.25) is 0 Å². The maximum absolute atomic E-state index is 12.6. The van der Waals surface area contributed by atoms with Crippen LogP contribution in [0.1, 0.15) is 61.3 Å². The van der Waals surface area contributed by atoms with Crippen molar-refractivity contribution in [1.82, 2.24) is 9.97 Å². The molecule has 2 aromatic heterocycles. The minimum absolute atomic E-state index is 0.0716. The third-order valence-electron chi connectivity index (χ3n) is 6.07. The molecule has 0 unspecified atom stereocenters. The monoisotopic (exact) mass is 431 g/mol. The Balaban J connectivity index is 1.30. The first kappa shape index (κ1) is 21.9. The zero-order valence-electron chi connectivity index (χ0n) is 18.2. The average Bonchev–Trinajstić information content (AvgIpc) is 2.80. The van der Waals surface area contributed by atoms with Crippen molar-refractivity contribution in [2.45, 2.75) is 57.3 Å². The number of Topliss-reactive ketones (excluding diaryl/α,β-unsaturated/α-hetero) is 1. The van der Waals surface area contributed by atoms with E-state index < -0.39 is 5.97 Å². The lowest BCUT2D eigenvalue weighted by molar-refractivity contribution is -0.137. The number of carboxylic acids is 1. The fourth-order valence-electron chi connectivity index (χ4n) is 4.34. The lowest BCUT2D eigenvalue weighted by Crippen LogP contribution is -2.14. The lowest BCUT2D eigenvalue weighted by Gasteiger charge is -2.17. The topological polar surface area (TPSA) is 92.2 Å². The molecule has 1 aliphatic heterocycles. The van der Waals surface area contributed by atoms with Crippen molar-refractivity contribution in [2.24, 2.45) is 0 Å². The first-order chi connectivity index (χ1) is 15.6. The predicted octanol–water partition coefficient (Wildman–Crippen LogP) is 4.92. The smallest absolute Gasteiger partial charge is 0.303 e. The summed E-state index contributed by atoms with van der Waals surface area (Å²) in [5.41, 5.74) is 4.01. The van der Waals surface area contributed by atoms with Crippen LogP contribution in [0, 0.1) is 0 Å². The normalized spacial score (nSPS) is 13.9. The molecule has 6 nitrogen and oxygen atoms in total. The van der Waals surface area contributed by atoms with E-state index in [1.165, 1.54) is 5.56 Å². The number of aryl methyl sites for hydroxylation is 2. The Hall–Kier alpha value is -3.28. The third kappa shape index (κ3) is 5.69. The Kier molecular flexibility index (Phi) is 7.10. The number of nitrogens with one attached hydrogen (secondary N) is 1. The summed E-state index contributed by atoms with van der Waals surface area (Å²) in [5.74, 6) is -0.150. The summed E-state index contributed by atoms with van der Waals surface area (Å²) >= 11 is 0. The molecule has 3 heterocycles. The number of fused-ring (bicyclic) bond motifs is 2. The average molecular weight is 432 g/mol. The fourth-order valence-corrected chi connectivity index (χ4v) is 4.34. The number of ketones is 1. The molecule has 0 radical (unpaired) electrons. The van der Waals surface area contributed by atoms with Gasteiger partial charge in [-0.25, -0.2) is 4.98 Å². The quantitative estimate of drug-likeness (QED) is 0.443. The van der Waals surface area contributed by atoms with E-state index in [0.717, 1.165) is 66.6 Å². The lowest BCUT2D eigenvalue weighted by atomic mass is 9.89. The molecule has 1 atom stereocenters. The molecule has 0 saturated heterocycles. The van der Waals surface area contributed by atoms with Crippen molar-refractivity contribution in [2.75, 3.05) is 11.9 Å². The van der Waals surface area contributed by atoms with Gasteiger partial charge < -0.3 is 10.4 Å². The van der Waals surface area contributed by atoms with E-state index in [0.29, 0.717) is 6.42 Å². The molecule has 1 aromatic carbocycles. The first-order valence-corrected chi connectivity index (χ1v) is 11.4. The van der Waals surface area contributed by atoms with Crippen LogP contribution in [-0.2, 0) is 22.4 Å². The highest BCUT2D eigenvalue weighted by atomic mass is 16.4. The Morgan fingerprint density at radius 2 is 1.97 bits per heavy atom. The minimum atomic E-state index is -0.900. The fraction of sp³-hybridized carbons (Fsp3) is 0.385. The zero-order chi connectivity index (χ0) is 22.3. The van der Waals surface area contributed by atoms with Crippen molar-refractivity contribution in [3.63, 3.8) is 0 Å². The Labute approximate surface area is 188 Å². The van der Waals surface area contributed by atoms with Crippen molar-refractivity contribution in [3.05, 3.63) is 65.5 Å². The second-order valence-electron chi connectivity index (χ2n) is 8.55. The van der Waals surface area contributed by atoms with Crippen molar-refractivity contribution in [1.29, 1.82) is 0 Å². The van der Waals surface area contributed by atoms with E-state index in [-0.39, 0.29) is 24.5 Å². The van der Waals surface area contributed by atoms with Crippen LogP contribution in [0.15, 0.2) is 48.7 Å². The highest BCUT2D eigenvalue weighted by molar-refractivity contribution is 5.82. The number of aliphatic carboxylic acids is 1. The maximum atomic E-state index is 12.6. The van der Waals surface area contributed by atoms with Crippen LogP contribution >= 0.6 is 0 Å². The largest absolute Gasteiger partial charge is 0.481 e. The van der Waals surface area contributed by atoms with Gasteiger partial charge in [-0.1, -0.05) is 24.3 Å². The highest BCUT2D eigenvalue weighted by Crippen LogP contribution is 2.27. The first-order valence-electron chi connectivity index (χ1n) is 11.4. The third-order valence-corrected chi connectivity index (χ3v) is 6.07. The van der Waals surface area contributed by atoms with Gasteiger partial charge in [0.15, 0.2) is 0 Å². The molecule has 0 spiro atoms. The Morgan fingerprint density at radius 1 is 1.09 bits per heavy atom. The standard InChI is InChI=1S/C26H29N3O3/c30-23(9-3-2-8-22-12-11-18-7-5-13-27-26(18)29-22)15-20(16-25(31)32)21-14-19-6-1-4-10-24(19)28-17-21/h1,4,6,10-12,14,17,20H,2-3,5,7-9,13,15-16H2,(H,27,29)(H,31,32)/t20-/m0/s1. The van der Waals surface area contributed by atoms with Gasteiger partial charge in [0.2, 0.25) is 0 Å². The van der Waals surface area contributed by atoms with Gasteiger partial charge in [-0.15, -0.1) is 0 Å². The van der Waals surface area contributed by atoms with Crippen LogP contribution in [-0.4, -0.2) is 33.4 Å². The SMILES string of the molecule is O=C(O)C[C@H](CC(=O)CCCCc1ccc2c(n1)NCCC2)c1cnc2ccccc2c1. The number of benzene rings is 1. The molecule has 0 aliphatic carbocycles. The van der Waals surface area contributed by atoms with Gasteiger partial charge >= 0.3 is 5.97 Å². The van der Waals surface area contributed by atoms with Gasteiger partial charge in [-0.2, -0.15) is 0 Å². The maximum Gasteiger partial charge on any atom is 0.303 e. The van der Waals surface area contributed by atoms with Gasteiger partial charge in [0.1, 0.15) is 11.6 Å². The molecular weight excluding hydrogens is 402 g/mol. The summed E-state index contributed by atoms with van der Waals surface area (Å²) < 4.78 is 0. The molecule has 6 heteroatoms. The number of carbonyl (C=O) groups is 2. The number of hydrogen-bond donors (Lipinski definition) is 2. The van der Waals surface area contributed by atoms with Gasteiger partial charge in [0.05, 0.1) is 11.9 Å². The Morgan fingerprint density at radius 3 is 2.84 bits per heavy atom. The van der Waals surface area contributed by atoms with Crippen molar-refractivity contribution >= 4 is 28.5 Å². The minimum Gasteiger partial charge on any atom is -0.481 e. The van der Waals surface area contributed by atoms with E-state index in [1.807, 2.05) is 30.3 Å². The van der Waals surface area contributed by atoms with Gasteiger partial charge in [-0.05, 0) is 61.4 Å². The molecule has 4 rings (SSSR count). The molecular formula is C26H29N3O3. The number of nitrogens with zero attached hydrogens (tertiary/aromatic N) is 2. The molecule has 0 fully saturated rings. The summed E-state index contributed by atoms with van der Waals surface area (Å²) in [6, 6.07) is 13.9. The number of hydrogen-bond acceptors (Lipinski definition) is 5. The molecule has 32 heavy (non-hydrogen) atoms. The second-order valence-corrected chi connectivity index (χ2v) is 8.55. The van der Waals surface area contributed by atoms with Gasteiger partial charge in [0, 0.05) is 42.6 Å². The zero-order valence-corrected chi connectivity index (χ0v) is 18.2. The number of unbranched alkanes of at least 4 members (excludes halogenated alkanes) is 1. The number of carbonyl (C=O) groups excluding carboxylic acids is 1. The molecule has 1 aliphatic rings. The van der Waals surface area contributed by atoms with Crippen LogP contribution in [0.25, 0.3) is 10.9 Å². The highest BCUT2D eigenvalue weighted by Gasteiger charge is 2.20. The number of pyridine rings is 2. The van der Waals surface area contributed by atoms with Gasteiger partial charge in [0.25, 0.3) is 0 Å². The molecule has 3 aromatic rings. The number of rotatable bonds is 10. The number of anilines is 1. The molecule has 0 saturated carbocycles. The predicted molar refractivity (Wildman–Crippen MR) is 125 cm³/mol. The van der Waals surface area contributed by atoms with Crippen molar-refractivity contribution in [3.8, 4) is 0 Å². The molecule has 0 bridgehead atoms. The summed E-state index contributed by atoms with van der Waals surface area (Å²) in [7, 11) is 0. The van der Waals surface area contributed by atoms with Crippen LogP contribution in [0.3, 0.4) is 0 Å². The van der Waals surface area contributed by atoms with E-state index in [2.05, 4.69) is 22.4 Å². The van der Waals surface area contributed by atoms with Crippen LogP contribution < -0.4 is 5.32 Å². The van der Waals surface area contributed by atoms with Gasteiger partial charge in [-0.3, -0.25) is 14.6 Å². The van der Waals surface area contributed by atoms with Crippen molar-refractivity contribution < 1.29 is 14.7 Å². The Bertz CT molecular complexity index is 1110. The number of aromatic nitrogens is 2. The van der Waals surface area contributed by atoms with E-state index in [9.17, 15) is 14.7 Å². The van der Waals surface area contributed by atoms with Crippen LogP contribution in [0.4, 0.5) is 5.82 Å². The van der Waals surface area contributed by atoms with E-state index in [1.54, 1.807) is 6.20 Å². The molecule has 0 amide bonds. The van der Waals surface area contributed by atoms with E-state index in [4.69, 9.17) is 4.98 Å². The van der Waals surface area contributed by atoms with Crippen LogP contribution in [0.5, 0.6) is 0 Å². The second kappa shape index (κ2) is 10.4. The van der Waals surface area contributed by atoms with E-state index >= 15 is 0 Å². The summed E-state index contributed by atoms with van der Waals surface area (Å²) in [6.45, 7) is 0.974. The number of para-hydroxylation sites is 1. The summed E-state index contributed by atoms with van der Waals surface area (Å²) in [4.78, 5) is 33.2. The molecule has 2 N–H and O–H groups in total. The number of carboxylic acid groups (broad SMARTS) is 1. The molecule has 166 valence electrons. The summed E-state index contributed by atoms with van der Waals surface area (Å²) in [6.07, 6.45) is 7.06.